The van der Waals surface area contributed by atoms with Crippen LogP contribution in [0.15, 0.2) is 24.3 Å². The molecular formula is C6H5ClIOP. The van der Waals surface area contributed by atoms with Gasteiger partial charge in [-0.1, -0.05) is 23.7 Å². The topological polar surface area (TPSA) is 9.23 Å². The fraction of sp³-hybridized carbons (Fsp3) is 0. The molecule has 10 heavy (non-hydrogen) atoms. The van der Waals surface area contributed by atoms with Crippen molar-refractivity contribution in [2.75, 3.05) is 0 Å². The Morgan fingerprint density at radius 2 is 2.10 bits per heavy atom. The highest BCUT2D eigenvalue weighted by molar-refractivity contribution is 14.2. The quantitative estimate of drug-likeness (QED) is 0.595. The van der Waals surface area contributed by atoms with E-state index in [9.17, 15) is 0 Å². The molecule has 0 aliphatic rings. The van der Waals surface area contributed by atoms with Crippen LogP contribution in [0.4, 0.5) is 0 Å². The molecule has 54 valence electrons. The molecule has 1 nitrogen and oxygen atoms in total. The number of para-hydroxylation sites is 1. The molecule has 0 amide bonds. The third-order valence-corrected chi connectivity index (χ3v) is 2.26. The molecule has 0 aliphatic heterocycles. The zero-order valence-corrected chi connectivity index (χ0v) is 8.89. The second-order valence-corrected chi connectivity index (χ2v) is 3.70. The van der Waals surface area contributed by atoms with Gasteiger partial charge in [-0.05, 0) is 34.2 Å². The van der Waals surface area contributed by atoms with Crippen LogP contribution < -0.4 is 4.52 Å². The monoisotopic (exact) mass is 286 g/mol. The minimum absolute atomic E-state index is 0.417. The molecule has 0 aromatic heterocycles. The maximum absolute atomic E-state index is 5.78. The van der Waals surface area contributed by atoms with E-state index in [4.69, 9.17) is 16.1 Å². The van der Waals surface area contributed by atoms with Crippen LogP contribution in [0.1, 0.15) is 0 Å². The summed E-state index contributed by atoms with van der Waals surface area (Å²) in [5, 5.41) is 0.673. The molecule has 0 heterocycles. The Labute approximate surface area is 79.5 Å². The van der Waals surface area contributed by atoms with E-state index in [2.05, 4.69) is 22.0 Å². The van der Waals surface area contributed by atoms with E-state index in [1.54, 1.807) is 0 Å². The minimum Gasteiger partial charge on any atom is -0.465 e. The van der Waals surface area contributed by atoms with Crippen LogP contribution in [-0.2, 0) is 0 Å². The number of rotatable bonds is 2. The SMILES string of the molecule is Clc1ccccc1OPI. The van der Waals surface area contributed by atoms with Gasteiger partial charge in [-0.3, -0.25) is 0 Å². The predicted molar refractivity (Wildman–Crippen MR) is 54.4 cm³/mol. The second-order valence-electron chi connectivity index (χ2n) is 1.61. The summed E-state index contributed by atoms with van der Waals surface area (Å²) in [6, 6.07) is 7.45. The van der Waals surface area contributed by atoms with Gasteiger partial charge in [0, 0.05) is 0 Å². The van der Waals surface area contributed by atoms with Crippen LogP contribution in [-0.4, -0.2) is 0 Å². The summed E-state index contributed by atoms with van der Waals surface area (Å²) < 4.78 is 5.22. The van der Waals surface area contributed by atoms with Crippen molar-refractivity contribution in [3.63, 3.8) is 0 Å². The average molecular weight is 286 g/mol. The van der Waals surface area contributed by atoms with Gasteiger partial charge in [0.1, 0.15) is 12.2 Å². The fourth-order valence-corrected chi connectivity index (χ4v) is 1.78. The van der Waals surface area contributed by atoms with Crippen molar-refractivity contribution in [3.8, 4) is 5.75 Å². The zero-order chi connectivity index (χ0) is 7.40. The van der Waals surface area contributed by atoms with Crippen LogP contribution >= 0.6 is 40.1 Å². The molecule has 1 aromatic carbocycles. The Hall–Kier alpha value is 0.470. The van der Waals surface area contributed by atoms with Crippen molar-refractivity contribution in [2.45, 2.75) is 0 Å². The molecule has 0 aliphatic carbocycles. The van der Waals surface area contributed by atoms with E-state index in [-0.39, 0.29) is 0 Å². The van der Waals surface area contributed by atoms with Gasteiger partial charge in [0.15, 0.2) is 0 Å². The van der Waals surface area contributed by atoms with Crippen molar-refractivity contribution in [1.82, 2.24) is 0 Å². The Morgan fingerprint density at radius 3 is 2.70 bits per heavy atom. The lowest BCUT2D eigenvalue weighted by Gasteiger charge is -2.01. The number of benzene rings is 1. The summed E-state index contributed by atoms with van der Waals surface area (Å²) in [5.41, 5.74) is 0. The van der Waals surface area contributed by atoms with E-state index in [1.165, 1.54) is 0 Å². The first-order valence-electron chi connectivity index (χ1n) is 2.61. The summed E-state index contributed by atoms with van der Waals surface area (Å²) in [6.07, 6.45) is 0. The molecule has 1 atom stereocenters. The second kappa shape index (κ2) is 4.37. The molecule has 0 radical (unpaired) electrons. The lowest BCUT2D eigenvalue weighted by molar-refractivity contribution is 0.645. The van der Waals surface area contributed by atoms with Crippen molar-refractivity contribution in [3.05, 3.63) is 29.3 Å². The molecule has 1 aromatic rings. The fourth-order valence-electron chi connectivity index (χ4n) is 0.569. The van der Waals surface area contributed by atoms with Crippen LogP contribution in [0.25, 0.3) is 0 Å². The summed E-state index contributed by atoms with van der Waals surface area (Å²) >= 11 is 7.93. The predicted octanol–water partition coefficient (Wildman–Crippen LogP) is 3.66. The van der Waals surface area contributed by atoms with Crippen molar-refractivity contribution < 1.29 is 4.52 Å². The zero-order valence-electron chi connectivity index (χ0n) is 4.97. The van der Waals surface area contributed by atoms with Gasteiger partial charge in [-0.25, -0.2) is 0 Å². The number of hydrogen-bond donors (Lipinski definition) is 0. The van der Waals surface area contributed by atoms with Crippen LogP contribution in [0.5, 0.6) is 5.75 Å². The molecular weight excluding hydrogens is 281 g/mol. The highest BCUT2D eigenvalue weighted by Gasteiger charge is 1.96. The molecule has 0 spiro atoms. The molecule has 0 fully saturated rings. The first-order valence-corrected chi connectivity index (χ1v) is 7.01. The standard InChI is InChI=1S/C6H5ClIOP/c7-5-3-1-2-4-6(5)9-10-8/h1-4,10H. The maximum atomic E-state index is 5.78. The van der Waals surface area contributed by atoms with Gasteiger partial charge in [0.05, 0.1) is 5.02 Å². The van der Waals surface area contributed by atoms with Gasteiger partial charge >= 0.3 is 0 Å². The molecule has 0 N–H and O–H groups in total. The molecule has 1 unspecified atom stereocenters. The van der Waals surface area contributed by atoms with E-state index < -0.39 is 0 Å². The summed E-state index contributed by atoms with van der Waals surface area (Å²) in [7, 11) is 0. The van der Waals surface area contributed by atoms with Crippen LogP contribution in [0.3, 0.4) is 0 Å². The minimum atomic E-state index is 0.417. The first-order chi connectivity index (χ1) is 4.84. The summed E-state index contributed by atoms with van der Waals surface area (Å²) in [5.74, 6) is 0.761. The molecule has 0 bridgehead atoms. The van der Waals surface area contributed by atoms with Gasteiger partial charge in [-0.2, -0.15) is 0 Å². The Morgan fingerprint density at radius 1 is 1.40 bits per heavy atom. The smallest absolute Gasteiger partial charge is 0.142 e. The molecule has 0 saturated carbocycles. The lowest BCUT2D eigenvalue weighted by Crippen LogP contribution is -1.74. The van der Waals surface area contributed by atoms with Crippen LogP contribution in [0, 0.1) is 0 Å². The third-order valence-electron chi connectivity index (χ3n) is 0.985. The Bertz CT molecular complexity index is 219. The maximum Gasteiger partial charge on any atom is 0.142 e. The van der Waals surface area contributed by atoms with Gasteiger partial charge in [-0.15, -0.1) is 0 Å². The highest BCUT2D eigenvalue weighted by Crippen LogP contribution is 2.31. The first kappa shape index (κ1) is 8.57. The normalized spacial score (nSPS) is 10.6. The molecule has 0 saturated heterocycles. The van der Waals surface area contributed by atoms with Crippen molar-refractivity contribution >= 4 is 40.1 Å². The van der Waals surface area contributed by atoms with Gasteiger partial charge in [0.2, 0.25) is 0 Å². The van der Waals surface area contributed by atoms with E-state index in [0.29, 0.717) is 11.5 Å². The van der Waals surface area contributed by atoms with E-state index in [0.717, 1.165) is 5.75 Å². The lowest BCUT2D eigenvalue weighted by atomic mass is 10.3. The van der Waals surface area contributed by atoms with E-state index >= 15 is 0 Å². The summed E-state index contributed by atoms with van der Waals surface area (Å²) in [6.45, 7) is 0.417. The highest BCUT2D eigenvalue weighted by atomic mass is 127. The molecule has 1 rings (SSSR count). The Kier molecular flexibility index (Phi) is 3.74. The van der Waals surface area contributed by atoms with E-state index in [1.807, 2.05) is 24.3 Å². The molecule has 4 heteroatoms. The summed E-state index contributed by atoms with van der Waals surface area (Å²) in [4.78, 5) is 0. The number of halogens is 2. The van der Waals surface area contributed by atoms with Gasteiger partial charge < -0.3 is 4.52 Å². The Balaban J connectivity index is 2.81. The largest absolute Gasteiger partial charge is 0.465 e. The van der Waals surface area contributed by atoms with Crippen LogP contribution in [0.2, 0.25) is 5.02 Å². The van der Waals surface area contributed by atoms with Gasteiger partial charge in [0.25, 0.3) is 0 Å². The average Bonchev–Trinajstić information content (AvgIpc) is 1.94. The van der Waals surface area contributed by atoms with Crippen molar-refractivity contribution in [2.24, 2.45) is 0 Å². The third kappa shape index (κ3) is 2.26. The van der Waals surface area contributed by atoms with Crippen molar-refractivity contribution in [1.29, 1.82) is 0 Å². The number of hydrogen-bond acceptors (Lipinski definition) is 1.